The molecule has 0 aromatic heterocycles. The molecule has 1 aliphatic rings. The van der Waals surface area contributed by atoms with Gasteiger partial charge in [-0.05, 0) is 36.0 Å². The highest BCUT2D eigenvalue weighted by Gasteiger charge is 2.36. The van der Waals surface area contributed by atoms with Gasteiger partial charge in [-0.2, -0.15) is 0 Å². The maximum atomic E-state index is 2.50. The van der Waals surface area contributed by atoms with Gasteiger partial charge in [-0.25, -0.2) is 0 Å². The third kappa shape index (κ3) is 8.82. The van der Waals surface area contributed by atoms with E-state index in [1.807, 2.05) is 0 Å². The van der Waals surface area contributed by atoms with Gasteiger partial charge in [0.05, 0.1) is 0 Å². The van der Waals surface area contributed by atoms with Gasteiger partial charge in [0, 0.05) is 5.41 Å². The van der Waals surface area contributed by atoms with Crippen LogP contribution < -0.4 is 0 Å². The van der Waals surface area contributed by atoms with E-state index in [1.165, 1.54) is 119 Å². The average Bonchev–Trinajstić information content (AvgIpc) is 2.93. The summed E-state index contributed by atoms with van der Waals surface area (Å²) in [5.41, 5.74) is 4.35. The van der Waals surface area contributed by atoms with Crippen LogP contribution in [0.2, 0.25) is 0 Å². The van der Waals surface area contributed by atoms with Crippen molar-refractivity contribution in [2.45, 2.75) is 121 Å². The lowest BCUT2D eigenvalue weighted by atomic mass is 9.65. The summed E-state index contributed by atoms with van der Waals surface area (Å²) in [5, 5.41) is 0. The third-order valence-corrected chi connectivity index (χ3v) is 7.93. The second-order valence-electron chi connectivity index (χ2n) is 10.6. The minimum atomic E-state index is -0.0312. The van der Waals surface area contributed by atoms with E-state index < -0.39 is 0 Å². The molecule has 0 unspecified atom stereocenters. The molecule has 0 amide bonds. The zero-order chi connectivity index (χ0) is 24.4. The van der Waals surface area contributed by atoms with E-state index in [4.69, 9.17) is 0 Å². The van der Waals surface area contributed by atoms with Crippen LogP contribution in [0.5, 0.6) is 0 Å². The Morgan fingerprint density at radius 1 is 0.543 bits per heavy atom. The molecule has 0 fully saturated rings. The third-order valence-electron chi connectivity index (χ3n) is 7.93. The van der Waals surface area contributed by atoms with E-state index in [-0.39, 0.29) is 5.41 Å². The van der Waals surface area contributed by atoms with Gasteiger partial charge in [0.25, 0.3) is 0 Å². The second-order valence-corrected chi connectivity index (χ2v) is 10.6. The second kappa shape index (κ2) is 16.6. The first kappa shape index (κ1) is 27.5. The van der Waals surface area contributed by atoms with E-state index in [0.717, 1.165) is 6.42 Å². The summed E-state index contributed by atoms with van der Waals surface area (Å²) >= 11 is 0. The molecule has 0 heteroatoms. The molecule has 2 aromatic rings. The lowest BCUT2D eigenvalue weighted by Crippen LogP contribution is -2.30. The Balaban J connectivity index is 1.48. The lowest BCUT2D eigenvalue weighted by molar-refractivity contribution is 0.489. The molecule has 0 bridgehead atoms. The summed E-state index contributed by atoms with van der Waals surface area (Å²) in [7, 11) is 0. The van der Waals surface area contributed by atoms with Gasteiger partial charge in [-0.1, -0.05) is 176 Å². The maximum absolute atomic E-state index is 2.50. The molecule has 0 radical (unpaired) electrons. The summed E-state index contributed by atoms with van der Waals surface area (Å²) in [6.07, 6.45) is 30.6. The summed E-state index contributed by atoms with van der Waals surface area (Å²) in [5.74, 6) is 0. The summed E-state index contributed by atoms with van der Waals surface area (Å²) in [6.45, 7) is 2.30. The van der Waals surface area contributed by atoms with Crippen LogP contribution in [0.25, 0.3) is 0 Å². The first-order chi connectivity index (χ1) is 17.4. The van der Waals surface area contributed by atoms with Gasteiger partial charge in [0.2, 0.25) is 0 Å². The Hall–Kier alpha value is -2.08. The van der Waals surface area contributed by atoms with E-state index in [2.05, 4.69) is 85.8 Å². The number of hydrogen-bond acceptors (Lipinski definition) is 0. The standard InChI is InChI=1S/C35H50/c1-2-3-4-5-6-7-8-9-10-11-12-13-14-24-31-35(32-25-18-15-19-26-32,33-27-20-16-21-28-33)34-29-22-17-23-30-34/h15-16,18-22,25-30H,2-14,17,23-24,31H2,1H3. The van der Waals surface area contributed by atoms with Crippen molar-refractivity contribution in [1.29, 1.82) is 0 Å². The van der Waals surface area contributed by atoms with E-state index in [1.54, 1.807) is 0 Å². The van der Waals surface area contributed by atoms with Gasteiger partial charge in [0.1, 0.15) is 0 Å². The van der Waals surface area contributed by atoms with Crippen LogP contribution in [0.15, 0.2) is 84.5 Å². The maximum Gasteiger partial charge on any atom is 0.0448 e. The zero-order valence-corrected chi connectivity index (χ0v) is 22.5. The SMILES string of the molecule is CCCCCCCCCCCCCCCCC(C1=CCCC=C1)(c1ccccc1)c1ccccc1. The van der Waals surface area contributed by atoms with Crippen molar-refractivity contribution < 1.29 is 0 Å². The van der Waals surface area contributed by atoms with Crippen LogP contribution in [-0.4, -0.2) is 0 Å². The average molecular weight is 471 g/mol. The lowest BCUT2D eigenvalue weighted by Gasteiger charge is -2.38. The largest absolute Gasteiger partial charge is 0.0839 e. The van der Waals surface area contributed by atoms with Crippen LogP contribution in [0.4, 0.5) is 0 Å². The van der Waals surface area contributed by atoms with Gasteiger partial charge in [0.15, 0.2) is 0 Å². The molecule has 1 aliphatic carbocycles. The smallest absolute Gasteiger partial charge is 0.0448 e. The summed E-state index contributed by atoms with van der Waals surface area (Å²) in [6, 6.07) is 22.5. The fourth-order valence-corrected chi connectivity index (χ4v) is 5.89. The minimum absolute atomic E-state index is 0.0312. The van der Waals surface area contributed by atoms with Gasteiger partial charge >= 0.3 is 0 Å². The van der Waals surface area contributed by atoms with Crippen LogP contribution in [0.1, 0.15) is 127 Å². The molecule has 0 nitrogen and oxygen atoms in total. The summed E-state index contributed by atoms with van der Waals surface area (Å²) in [4.78, 5) is 0. The van der Waals surface area contributed by atoms with Crippen LogP contribution >= 0.6 is 0 Å². The van der Waals surface area contributed by atoms with Crippen molar-refractivity contribution in [2.75, 3.05) is 0 Å². The molecule has 0 saturated carbocycles. The van der Waals surface area contributed by atoms with Gasteiger partial charge < -0.3 is 0 Å². The van der Waals surface area contributed by atoms with Crippen molar-refractivity contribution in [3.8, 4) is 0 Å². The monoisotopic (exact) mass is 470 g/mol. The van der Waals surface area contributed by atoms with E-state index in [0.29, 0.717) is 0 Å². The first-order valence-electron chi connectivity index (χ1n) is 14.9. The van der Waals surface area contributed by atoms with Crippen molar-refractivity contribution in [3.05, 3.63) is 95.6 Å². The van der Waals surface area contributed by atoms with Crippen LogP contribution in [-0.2, 0) is 5.41 Å². The van der Waals surface area contributed by atoms with Crippen LogP contribution in [0, 0.1) is 0 Å². The molecular formula is C35H50. The van der Waals surface area contributed by atoms with Crippen molar-refractivity contribution >= 4 is 0 Å². The fraction of sp³-hybridized carbons (Fsp3) is 0.543. The number of allylic oxidation sites excluding steroid dienone is 4. The highest BCUT2D eigenvalue weighted by atomic mass is 14.4. The highest BCUT2D eigenvalue weighted by molar-refractivity contribution is 5.52. The molecule has 0 N–H and O–H groups in total. The molecule has 0 atom stereocenters. The Morgan fingerprint density at radius 2 is 1.00 bits per heavy atom. The summed E-state index contributed by atoms with van der Waals surface area (Å²) < 4.78 is 0. The molecule has 0 spiro atoms. The van der Waals surface area contributed by atoms with E-state index >= 15 is 0 Å². The molecule has 35 heavy (non-hydrogen) atoms. The number of benzene rings is 2. The van der Waals surface area contributed by atoms with Crippen molar-refractivity contribution in [1.82, 2.24) is 0 Å². The van der Waals surface area contributed by atoms with Gasteiger partial charge in [-0.15, -0.1) is 0 Å². The quantitative estimate of drug-likeness (QED) is 0.190. The normalized spacial score (nSPS) is 13.7. The van der Waals surface area contributed by atoms with Crippen molar-refractivity contribution in [2.24, 2.45) is 0 Å². The predicted molar refractivity (Wildman–Crippen MR) is 155 cm³/mol. The zero-order valence-electron chi connectivity index (χ0n) is 22.5. The Bertz CT molecular complexity index is 803. The van der Waals surface area contributed by atoms with E-state index in [9.17, 15) is 0 Å². The first-order valence-corrected chi connectivity index (χ1v) is 14.9. The van der Waals surface area contributed by atoms with Crippen molar-refractivity contribution in [3.63, 3.8) is 0 Å². The molecular weight excluding hydrogens is 420 g/mol. The molecule has 3 rings (SSSR count). The minimum Gasteiger partial charge on any atom is -0.0839 e. The molecule has 2 aromatic carbocycles. The topological polar surface area (TPSA) is 0 Å². The number of hydrogen-bond donors (Lipinski definition) is 0. The Kier molecular flexibility index (Phi) is 13.0. The number of rotatable bonds is 18. The Morgan fingerprint density at radius 3 is 1.43 bits per heavy atom. The highest BCUT2D eigenvalue weighted by Crippen LogP contribution is 2.45. The predicted octanol–water partition coefficient (Wildman–Crippen LogP) is 11.1. The Labute approximate surface area is 216 Å². The fourth-order valence-electron chi connectivity index (χ4n) is 5.89. The molecule has 190 valence electrons. The molecule has 0 aliphatic heterocycles. The molecule has 0 saturated heterocycles. The molecule has 0 heterocycles. The van der Waals surface area contributed by atoms with Gasteiger partial charge in [-0.3, -0.25) is 0 Å². The van der Waals surface area contributed by atoms with Crippen LogP contribution in [0.3, 0.4) is 0 Å². The number of unbranched alkanes of at least 4 members (excludes halogenated alkanes) is 13.